The van der Waals surface area contributed by atoms with Crippen LogP contribution in [0, 0.1) is 6.92 Å². The van der Waals surface area contributed by atoms with Crippen LogP contribution >= 0.6 is 0 Å². The number of ether oxygens (including phenoxy) is 3. The van der Waals surface area contributed by atoms with E-state index in [2.05, 4.69) is 24.3 Å². The molecule has 0 bridgehead atoms. The van der Waals surface area contributed by atoms with Crippen LogP contribution in [0.4, 0.5) is 0 Å². The first kappa shape index (κ1) is 27.5. The van der Waals surface area contributed by atoms with Gasteiger partial charge in [0.05, 0.1) is 18.9 Å². The van der Waals surface area contributed by atoms with Crippen LogP contribution in [0.5, 0.6) is 11.5 Å². The Morgan fingerprint density at radius 3 is 2.33 bits per heavy atom. The molecule has 3 aromatic carbocycles. The molecule has 208 valence electrons. The molecule has 0 radical (unpaired) electrons. The largest absolute Gasteiger partial charge is 0.493 e. The summed E-state index contributed by atoms with van der Waals surface area (Å²) in [6.45, 7) is 8.05. The van der Waals surface area contributed by atoms with Crippen LogP contribution in [0.3, 0.4) is 0 Å². The summed E-state index contributed by atoms with van der Waals surface area (Å²) in [7, 11) is 0. The minimum Gasteiger partial charge on any atom is -0.493 e. The van der Waals surface area contributed by atoms with E-state index in [1.807, 2.05) is 49.4 Å². The third-order valence-electron chi connectivity index (χ3n) is 7.29. The first-order valence-corrected chi connectivity index (χ1v) is 14.1. The van der Waals surface area contributed by atoms with Crippen LogP contribution in [0.1, 0.15) is 56.2 Å². The summed E-state index contributed by atoms with van der Waals surface area (Å²) < 4.78 is 23.8. The lowest BCUT2D eigenvalue weighted by molar-refractivity contribution is -0.158. The zero-order chi connectivity index (χ0) is 28.1. The standard InChI is InChI=1S/C34H37NO5/c1-5-37-33(36)34(3,4)40-31-19-18-30(27-16-9-10-17-28(27)31)38-21-20-29-23(2)39-32(35-29)26-15-11-14-25(22-26)24-12-7-6-8-13-24/h6-8,11-15,18-19,22H,5,9-10,16-17,20-21H2,1-4H3. The Hall–Kier alpha value is -4.06. The predicted octanol–water partition coefficient (Wildman–Crippen LogP) is 7.54. The molecule has 5 rings (SSSR count). The van der Waals surface area contributed by atoms with Gasteiger partial charge in [-0.25, -0.2) is 9.78 Å². The lowest BCUT2D eigenvalue weighted by Crippen LogP contribution is -2.40. The van der Waals surface area contributed by atoms with Gasteiger partial charge in [0.2, 0.25) is 5.89 Å². The maximum absolute atomic E-state index is 12.4. The minimum atomic E-state index is -1.06. The normalized spacial score (nSPS) is 13.0. The van der Waals surface area contributed by atoms with Gasteiger partial charge >= 0.3 is 5.97 Å². The second-order valence-corrected chi connectivity index (χ2v) is 10.6. The van der Waals surface area contributed by atoms with Gasteiger partial charge in [0.25, 0.3) is 0 Å². The molecule has 0 atom stereocenters. The summed E-state index contributed by atoms with van der Waals surface area (Å²) in [5.41, 5.74) is 5.36. The molecule has 0 unspecified atom stereocenters. The van der Waals surface area contributed by atoms with Crippen LogP contribution in [0.25, 0.3) is 22.6 Å². The van der Waals surface area contributed by atoms with Crippen molar-refractivity contribution in [1.29, 1.82) is 0 Å². The summed E-state index contributed by atoms with van der Waals surface area (Å²) in [6, 6.07) is 22.4. The van der Waals surface area contributed by atoms with Gasteiger partial charge in [0, 0.05) is 23.1 Å². The highest BCUT2D eigenvalue weighted by atomic mass is 16.6. The summed E-state index contributed by atoms with van der Waals surface area (Å²) in [4.78, 5) is 17.2. The maximum atomic E-state index is 12.4. The monoisotopic (exact) mass is 539 g/mol. The first-order valence-electron chi connectivity index (χ1n) is 14.1. The van der Waals surface area contributed by atoms with Gasteiger partial charge in [-0.3, -0.25) is 0 Å². The third kappa shape index (κ3) is 6.06. The van der Waals surface area contributed by atoms with E-state index in [-0.39, 0.29) is 5.97 Å². The Morgan fingerprint density at radius 2 is 1.57 bits per heavy atom. The van der Waals surface area contributed by atoms with E-state index in [4.69, 9.17) is 23.6 Å². The number of carbonyl (C=O) groups excluding carboxylic acids is 1. The van der Waals surface area contributed by atoms with Crippen LogP contribution in [0.2, 0.25) is 0 Å². The predicted molar refractivity (Wildman–Crippen MR) is 156 cm³/mol. The molecule has 1 heterocycles. The number of fused-ring (bicyclic) bond motifs is 1. The van der Waals surface area contributed by atoms with Crippen molar-refractivity contribution in [1.82, 2.24) is 4.98 Å². The average molecular weight is 540 g/mol. The number of aryl methyl sites for hydroxylation is 1. The molecule has 0 saturated heterocycles. The van der Waals surface area contributed by atoms with Crippen molar-refractivity contribution < 1.29 is 23.4 Å². The fraction of sp³-hybridized carbons (Fsp3) is 0.353. The molecular weight excluding hydrogens is 502 g/mol. The topological polar surface area (TPSA) is 70.8 Å². The second kappa shape index (κ2) is 12.0. The van der Waals surface area contributed by atoms with Gasteiger partial charge < -0.3 is 18.6 Å². The second-order valence-electron chi connectivity index (χ2n) is 10.6. The molecule has 1 aliphatic rings. The maximum Gasteiger partial charge on any atom is 0.349 e. The highest BCUT2D eigenvalue weighted by Crippen LogP contribution is 2.38. The molecule has 1 aromatic heterocycles. The number of hydrogen-bond acceptors (Lipinski definition) is 6. The Bertz CT molecular complexity index is 1470. The van der Waals surface area contributed by atoms with Gasteiger partial charge in [-0.1, -0.05) is 42.5 Å². The lowest BCUT2D eigenvalue weighted by Gasteiger charge is -2.28. The fourth-order valence-electron chi connectivity index (χ4n) is 5.16. The molecule has 0 spiro atoms. The van der Waals surface area contributed by atoms with E-state index in [0.717, 1.165) is 70.9 Å². The number of esters is 1. The van der Waals surface area contributed by atoms with Gasteiger partial charge in [0.15, 0.2) is 5.60 Å². The van der Waals surface area contributed by atoms with Gasteiger partial charge in [-0.15, -0.1) is 0 Å². The SMILES string of the molecule is CCOC(=O)C(C)(C)Oc1ccc(OCCc2nc(-c3cccc(-c4ccccc4)c3)oc2C)c2c1CCCC2. The molecule has 0 N–H and O–H groups in total. The Kier molecular flexibility index (Phi) is 8.24. The quantitative estimate of drug-likeness (QED) is 0.194. The van der Waals surface area contributed by atoms with E-state index in [9.17, 15) is 4.79 Å². The summed E-state index contributed by atoms with van der Waals surface area (Å²) in [5.74, 6) is 2.65. The Labute approximate surface area is 236 Å². The van der Waals surface area contributed by atoms with Crippen LogP contribution < -0.4 is 9.47 Å². The molecule has 4 aromatic rings. The summed E-state index contributed by atoms with van der Waals surface area (Å²) in [6.07, 6.45) is 4.64. The zero-order valence-corrected chi connectivity index (χ0v) is 23.8. The van der Waals surface area contributed by atoms with Gasteiger partial charge in [-0.05, 0) is 88.8 Å². The number of nitrogens with zero attached hydrogens (tertiary/aromatic N) is 1. The highest BCUT2D eigenvalue weighted by Gasteiger charge is 2.33. The van der Waals surface area contributed by atoms with Crippen molar-refractivity contribution in [2.45, 2.75) is 65.4 Å². The van der Waals surface area contributed by atoms with Crippen LogP contribution in [-0.4, -0.2) is 29.8 Å². The van der Waals surface area contributed by atoms with E-state index < -0.39 is 5.60 Å². The third-order valence-corrected chi connectivity index (χ3v) is 7.29. The molecule has 6 nitrogen and oxygen atoms in total. The van der Waals surface area contributed by atoms with E-state index in [0.29, 0.717) is 25.5 Å². The van der Waals surface area contributed by atoms with Crippen LogP contribution in [-0.2, 0) is 28.8 Å². The van der Waals surface area contributed by atoms with Crippen molar-refractivity contribution in [2.24, 2.45) is 0 Å². The zero-order valence-electron chi connectivity index (χ0n) is 23.8. The number of aromatic nitrogens is 1. The summed E-state index contributed by atoms with van der Waals surface area (Å²) in [5, 5.41) is 0. The van der Waals surface area contributed by atoms with Gasteiger partial charge in [-0.2, -0.15) is 0 Å². The van der Waals surface area contributed by atoms with Crippen molar-refractivity contribution in [3.05, 3.63) is 89.3 Å². The highest BCUT2D eigenvalue weighted by molar-refractivity contribution is 5.79. The first-order chi connectivity index (χ1) is 19.4. The number of oxazole rings is 1. The van der Waals surface area contributed by atoms with Gasteiger partial charge in [0.1, 0.15) is 17.3 Å². The van der Waals surface area contributed by atoms with E-state index >= 15 is 0 Å². The Balaban J connectivity index is 1.28. The number of hydrogen-bond donors (Lipinski definition) is 0. The minimum absolute atomic E-state index is 0.322. The van der Waals surface area contributed by atoms with Crippen molar-refractivity contribution in [3.8, 4) is 34.1 Å². The average Bonchev–Trinajstić information content (AvgIpc) is 3.35. The molecule has 6 heteroatoms. The van der Waals surface area contributed by atoms with Crippen LogP contribution in [0.15, 0.2) is 71.1 Å². The number of rotatable bonds is 10. The molecule has 40 heavy (non-hydrogen) atoms. The molecule has 1 aliphatic carbocycles. The van der Waals surface area contributed by atoms with Crippen molar-refractivity contribution in [3.63, 3.8) is 0 Å². The molecule has 0 fully saturated rings. The summed E-state index contributed by atoms with van der Waals surface area (Å²) >= 11 is 0. The van der Waals surface area contributed by atoms with E-state index in [1.165, 1.54) is 5.56 Å². The van der Waals surface area contributed by atoms with E-state index in [1.54, 1.807) is 20.8 Å². The molecule has 0 amide bonds. The molecule has 0 aliphatic heterocycles. The smallest absolute Gasteiger partial charge is 0.349 e. The molecular formula is C34H37NO5. The fourth-order valence-corrected chi connectivity index (χ4v) is 5.16. The van der Waals surface area contributed by atoms with Crippen molar-refractivity contribution >= 4 is 5.97 Å². The Morgan fingerprint density at radius 1 is 0.900 bits per heavy atom. The number of benzene rings is 3. The lowest BCUT2D eigenvalue weighted by atomic mass is 9.90. The number of carbonyl (C=O) groups is 1. The van der Waals surface area contributed by atoms with Crippen molar-refractivity contribution in [2.75, 3.05) is 13.2 Å². The molecule has 0 saturated carbocycles.